The highest BCUT2D eigenvalue weighted by molar-refractivity contribution is 9.10. The first-order valence-electron chi connectivity index (χ1n) is 12.7. The smallest absolute Gasteiger partial charge is 0.270 e. The molecule has 0 atom stereocenters. The molecular weight excluding hydrogens is 618 g/mol. The first-order chi connectivity index (χ1) is 19.9. The lowest BCUT2D eigenvalue weighted by Crippen LogP contribution is -2.54. The van der Waals surface area contributed by atoms with Crippen LogP contribution in [0, 0.1) is 0 Å². The molecule has 0 unspecified atom stereocenters. The van der Waals surface area contributed by atoms with Crippen molar-refractivity contribution in [2.45, 2.75) is 0 Å². The summed E-state index contributed by atoms with van der Waals surface area (Å²) in [6.45, 7) is 0. The van der Waals surface area contributed by atoms with Crippen molar-refractivity contribution in [1.29, 1.82) is 0 Å². The molecular formula is C33H21BrClN3O2S. The van der Waals surface area contributed by atoms with Gasteiger partial charge in [0.1, 0.15) is 5.57 Å². The SMILES string of the molecule is O=C1NC(=S)N(c2ccccc2Cl)C(=O)/C1=C\c1cc(-c2ccccc2)n(-c2ccc(Br)cc2)c1-c1ccccc1. The molecule has 1 aliphatic rings. The standard InChI is InChI=1S/C33H21BrClN3O2S/c34-24-15-17-25(18-16-24)37-29(21-9-3-1-4-10-21)20-23(30(37)22-11-5-2-6-12-22)19-26-31(39)36-33(41)38(32(26)40)28-14-8-7-13-27(28)35/h1-20H,(H,36,39,41)/b26-19-. The molecule has 4 aromatic carbocycles. The van der Waals surface area contributed by atoms with E-state index in [1.165, 1.54) is 4.90 Å². The zero-order valence-electron chi connectivity index (χ0n) is 21.4. The number of carbonyl (C=O) groups is 2. The van der Waals surface area contributed by atoms with E-state index < -0.39 is 11.8 Å². The van der Waals surface area contributed by atoms with E-state index in [-0.39, 0.29) is 10.7 Å². The van der Waals surface area contributed by atoms with E-state index in [0.29, 0.717) is 16.3 Å². The highest BCUT2D eigenvalue weighted by Gasteiger charge is 2.36. The number of aromatic nitrogens is 1. The van der Waals surface area contributed by atoms with Gasteiger partial charge in [-0.15, -0.1) is 0 Å². The van der Waals surface area contributed by atoms with E-state index in [1.54, 1.807) is 30.3 Å². The van der Waals surface area contributed by atoms with E-state index in [1.807, 2.05) is 91.0 Å². The second-order valence-electron chi connectivity index (χ2n) is 9.29. The average Bonchev–Trinajstić information content (AvgIpc) is 3.36. The van der Waals surface area contributed by atoms with Crippen molar-refractivity contribution >= 4 is 68.4 Å². The normalized spacial score (nSPS) is 14.4. The number of rotatable bonds is 5. The van der Waals surface area contributed by atoms with Crippen molar-refractivity contribution in [2.24, 2.45) is 0 Å². The van der Waals surface area contributed by atoms with Crippen molar-refractivity contribution in [3.8, 4) is 28.2 Å². The molecule has 0 saturated carbocycles. The predicted octanol–water partition coefficient (Wildman–Crippen LogP) is 8.06. The Morgan fingerprint density at radius 1 is 0.780 bits per heavy atom. The molecule has 2 amide bonds. The fourth-order valence-electron chi connectivity index (χ4n) is 4.88. The number of anilines is 1. The van der Waals surface area contributed by atoms with Crippen LogP contribution in [0.4, 0.5) is 5.69 Å². The van der Waals surface area contributed by atoms with Crippen molar-refractivity contribution in [1.82, 2.24) is 9.88 Å². The number of amides is 2. The molecule has 0 spiro atoms. The van der Waals surface area contributed by atoms with Gasteiger partial charge in [-0.3, -0.25) is 19.8 Å². The highest BCUT2D eigenvalue weighted by atomic mass is 79.9. The Balaban J connectivity index is 1.61. The minimum atomic E-state index is -0.569. The molecule has 1 aliphatic heterocycles. The van der Waals surface area contributed by atoms with Gasteiger partial charge in [0.2, 0.25) is 0 Å². The van der Waals surface area contributed by atoms with Crippen molar-refractivity contribution < 1.29 is 9.59 Å². The van der Waals surface area contributed by atoms with Crippen LogP contribution in [0.1, 0.15) is 5.56 Å². The third-order valence-electron chi connectivity index (χ3n) is 6.73. The van der Waals surface area contributed by atoms with Crippen molar-refractivity contribution in [3.63, 3.8) is 0 Å². The maximum Gasteiger partial charge on any atom is 0.270 e. The molecule has 1 N–H and O–H groups in total. The maximum atomic E-state index is 13.9. The Morgan fingerprint density at radius 3 is 2.05 bits per heavy atom. The fourth-order valence-corrected chi connectivity index (χ4v) is 5.63. The number of hydrogen-bond donors (Lipinski definition) is 1. The summed E-state index contributed by atoms with van der Waals surface area (Å²) < 4.78 is 3.10. The molecule has 41 heavy (non-hydrogen) atoms. The van der Waals surface area contributed by atoms with Crippen LogP contribution in [0.3, 0.4) is 0 Å². The third-order valence-corrected chi connectivity index (χ3v) is 7.86. The van der Waals surface area contributed by atoms with E-state index in [4.69, 9.17) is 23.8 Å². The molecule has 8 heteroatoms. The molecule has 0 aliphatic carbocycles. The summed E-state index contributed by atoms with van der Waals surface area (Å²) in [7, 11) is 0. The molecule has 0 bridgehead atoms. The van der Waals surface area contributed by atoms with Gasteiger partial charge in [0.15, 0.2) is 5.11 Å². The number of benzene rings is 4. The number of hydrogen-bond acceptors (Lipinski definition) is 3. The van der Waals surface area contributed by atoms with Crippen LogP contribution in [0.25, 0.3) is 34.3 Å². The largest absolute Gasteiger partial charge is 0.309 e. The lowest BCUT2D eigenvalue weighted by molar-refractivity contribution is -0.122. The lowest BCUT2D eigenvalue weighted by atomic mass is 10.0. The summed E-state index contributed by atoms with van der Waals surface area (Å²) in [5.41, 5.74) is 5.61. The van der Waals surface area contributed by atoms with Crippen LogP contribution in [0.15, 0.2) is 125 Å². The second-order valence-corrected chi connectivity index (χ2v) is 11.0. The van der Waals surface area contributed by atoms with Gasteiger partial charge in [0.25, 0.3) is 11.8 Å². The zero-order chi connectivity index (χ0) is 28.5. The van der Waals surface area contributed by atoms with Gasteiger partial charge in [-0.25, -0.2) is 0 Å². The quantitative estimate of drug-likeness (QED) is 0.120. The monoisotopic (exact) mass is 637 g/mol. The number of nitrogens with zero attached hydrogens (tertiary/aromatic N) is 2. The summed E-state index contributed by atoms with van der Waals surface area (Å²) in [5, 5.41) is 2.99. The highest BCUT2D eigenvalue weighted by Crippen LogP contribution is 2.38. The average molecular weight is 639 g/mol. The fraction of sp³-hybridized carbons (Fsp3) is 0. The Bertz CT molecular complexity index is 1830. The molecule has 200 valence electrons. The van der Waals surface area contributed by atoms with E-state index in [9.17, 15) is 9.59 Å². The Kier molecular flexibility index (Phi) is 7.41. The van der Waals surface area contributed by atoms with Crippen LogP contribution >= 0.6 is 39.7 Å². The number of carbonyl (C=O) groups excluding carboxylic acids is 2. The third kappa shape index (κ3) is 5.15. The second kappa shape index (κ2) is 11.3. The van der Waals surface area contributed by atoms with Crippen LogP contribution in [-0.4, -0.2) is 21.5 Å². The Morgan fingerprint density at radius 2 is 1.39 bits per heavy atom. The van der Waals surface area contributed by atoms with Gasteiger partial charge in [0, 0.05) is 15.7 Å². The maximum absolute atomic E-state index is 13.9. The van der Waals surface area contributed by atoms with E-state index in [0.717, 1.165) is 32.7 Å². The van der Waals surface area contributed by atoms with Crippen molar-refractivity contribution in [3.05, 3.63) is 136 Å². The lowest BCUT2D eigenvalue weighted by Gasteiger charge is -2.29. The number of thiocarbonyl (C=S) groups is 1. The number of halogens is 2. The topological polar surface area (TPSA) is 54.3 Å². The van der Waals surface area contributed by atoms with Gasteiger partial charge in [-0.05, 0) is 71.9 Å². The van der Waals surface area contributed by atoms with Crippen LogP contribution < -0.4 is 10.2 Å². The van der Waals surface area contributed by atoms with Crippen molar-refractivity contribution in [2.75, 3.05) is 4.90 Å². The Hall–Kier alpha value is -4.30. The first kappa shape index (κ1) is 26.9. The summed E-state index contributed by atoms with van der Waals surface area (Å²) >= 11 is 15.3. The number of nitrogens with one attached hydrogen (secondary N) is 1. The molecule has 1 fully saturated rings. The van der Waals surface area contributed by atoms with Crippen LogP contribution in [0.5, 0.6) is 0 Å². The minimum Gasteiger partial charge on any atom is -0.309 e. The van der Waals surface area contributed by atoms with Gasteiger partial charge < -0.3 is 4.57 Å². The summed E-state index contributed by atoms with van der Waals surface area (Å²) in [4.78, 5) is 28.4. The van der Waals surface area contributed by atoms with Crippen LogP contribution in [0.2, 0.25) is 5.02 Å². The van der Waals surface area contributed by atoms with Gasteiger partial charge in [-0.2, -0.15) is 0 Å². The van der Waals surface area contributed by atoms with E-state index in [2.05, 4.69) is 25.8 Å². The molecule has 6 rings (SSSR count). The minimum absolute atomic E-state index is 0.0223. The molecule has 1 aromatic heterocycles. The zero-order valence-corrected chi connectivity index (χ0v) is 24.6. The van der Waals surface area contributed by atoms with Gasteiger partial charge in [-0.1, -0.05) is 100 Å². The van der Waals surface area contributed by atoms with Gasteiger partial charge >= 0.3 is 0 Å². The predicted molar refractivity (Wildman–Crippen MR) is 172 cm³/mol. The Labute approximate surface area is 255 Å². The van der Waals surface area contributed by atoms with Gasteiger partial charge in [0.05, 0.1) is 22.1 Å². The van der Waals surface area contributed by atoms with Crippen LogP contribution in [-0.2, 0) is 9.59 Å². The molecule has 5 nitrogen and oxygen atoms in total. The first-order valence-corrected chi connectivity index (χ1v) is 14.3. The summed E-state index contributed by atoms with van der Waals surface area (Å²) in [6, 6.07) is 36.8. The molecule has 0 radical (unpaired) electrons. The van der Waals surface area contributed by atoms with E-state index >= 15 is 0 Å². The molecule has 1 saturated heterocycles. The number of para-hydroxylation sites is 1. The molecule has 2 heterocycles. The summed E-state index contributed by atoms with van der Waals surface area (Å²) in [6.07, 6.45) is 1.63. The molecule has 5 aromatic rings. The summed E-state index contributed by atoms with van der Waals surface area (Å²) in [5.74, 6) is -1.12.